The van der Waals surface area contributed by atoms with E-state index >= 15 is 0 Å². The molecule has 0 aliphatic heterocycles. The molecule has 0 fully saturated rings. The van der Waals surface area contributed by atoms with Gasteiger partial charge in [0.15, 0.2) is 5.96 Å². The zero-order chi connectivity index (χ0) is 15.3. The summed E-state index contributed by atoms with van der Waals surface area (Å²) in [7, 11) is 3.44. The van der Waals surface area contributed by atoms with E-state index in [-0.39, 0.29) is 0 Å². The first-order valence-electron chi connectivity index (χ1n) is 7.02. The lowest BCUT2D eigenvalue weighted by Gasteiger charge is -2.12. The van der Waals surface area contributed by atoms with Crippen molar-refractivity contribution in [3.05, 3.63) is 34.3 Å². The summed E-state index contributed by atoms with van der Waals surface area (Å²) in [6.45, 7) is 3.58. The molecule has 1 aromatic carbocycles. The van der Waals surface area contributed by atoms with Crippen LogP contribution in [-0.2, 0) is 16.0 Å². The quantitative estimate of drug-likeness (QED) is 0.404. The number of guanidine groups is 1. The number of aliphatic imine (C=N–C) groups is 1. The van der Waals surface area contributed by atoms with E-state index in [1.807, 2.05) is 12.1 Å². The predicted molar refractivity (Wildman–Crippen MR) is 89.7 cm³/mol. The van der Waals surface area contributed by atoms with E-state index in [1.165, 1.54) is 5.56 Å². The third kappa shape index (κ3) is 8.70. The number of hydrogen-bond acceptors (Lipinski definition) is 3. The van der Waals surface area contributed by atoms with Gasteiger partial charge in [-0.1, -0.05) is 28.1 Å². The van der Waals surface area contributed by atoms with Gasteiger partial charge < -0.3 is 20.1 Å². The van der Waals surface area contributed by atoms with Gasteiger partial charge in [0.2, 0.25) is 0 Å². The maximum absolute atomic E-state index is 5.40. The van der Waals surface area contributed by atoms with Gasteiger partial charge in [-0.3, -0.25) is 4.99 Å². The monoisotopic (exact) mass is 357 g/mol. The van der Waals surface area contributed by atoms with Crippen LogP contribution in [0.5, 0.6) is 0 Å². The molecule has 21 heavy (non-hydrogen) atoms. The molecule has 0 radical (unpaired) electrons. The molecule has 6 heteroatoms. The number of ether oxygens (including phenoxy) is 2. The summed E-state index contributed by atoms with van der Waals surface area (Å²) < 4.78 is 11.4. The van der Waals surface area contributed by atoms with Crippen molar-refractivity contribution in [3.63, 3.8) is 0 Å². The SMILES string of the molecule is CN=C(NCCCOCCOC)NCc1ccc(Br)cc1. The van der Waals surface area contributed by atoms with E-state index in [9.17, 15) is 0 Å². The zero-order valence-electron chi connectivity index (χ0n) is 12.7. The van der Waals surface area contributed by atoms with Crippen LogP contribution in [-0.4, -0.2) is 46.5 Å². The molecule has 0 unspecified atom stereocenters. The fraction of sp³-hybridized carbons (Fsp3) is 0.533. The summed E-state index contributed by atoms with van der Waals surface area (Å²) in [6.07, 6.45) is 0.933. The van der Waals surface area contributed by atoms with E-state index in [2.05, 4.69) is 43.7 Å². The molecule has 118 valence electrons. The van der Waals surface area contributed by atoms with Crippen LogP contribution in [0.4, 0.5) is 0 Å². The lowest BCUT2D eigenvalue weighted by atomic mass is 10.2. The Hall–Kier alpha value is -1.11. The molecule has 0 heterocycles. The maximum atomic E-state index is 5.40. The zero-order valence-corrected chi connectivity index (χ0v) is 14.3. The van der Waals surface area contributed by atoms with Gasteiger partial charge in [0, 0.05) is 38.3 Å². The predicted octanol–water partition coefficient (Wildman–Crippen LogP) is 2.17. The van der Waals surface area contributed by atoms with Crippen LogP contribution in [0.25, 0.3) is 0 Å². The number of hydrogen-bond donors (Lipinski definition) is 2. The maximum Gasteiger partial charge on any atom is 0.191 e. The van der Waals surface area contributed by atoms with Crippen LogP contribution in [0.3, 0.4) is 0 Å². The Labute approximate surface area is 135 Å². The van der Waals surface area contributed by atoms with Gasteiger partial charge in [-0.25, -0.2) is 0 Å². The van der Waals surface area contributed by atoms with Crippen molar-refractivity contribution in [1.82, 2.24) is 10.6 Å². The highest BCUT2D eigenvalue weighted by Crippen LogP contribution is 2.10. The van der Waals surface area contributed by atoms with Gasteiger partial charge in [0.25, 0.3) is 0 Å². The fourth-order valence-corrected chi connectivity index (χ4v) is 1.90. The molecule has 0 spiro atoms. The Balaban J connectivity index is 2.13. The van der Waals surface area contributed by atoms with E-state index in [4.69, 9.17) is 9.47 Å². The molecule has 0 aliphatic carbocycles. The Bertz CT molecular complexity index is 410. The summed E-state index contributed by atoms with van der Waals surface area (Å²) in [5.41, 5.74) is 1.21. The van der Waals surface area contributed by atoms with E-state index in [0.29, 0.717) is 13.2 Å². The summed E-state index contributed by atoms with van der Waals surface area (Å²) in [4.78, 5) is 4.19. The molecular formula is C15H24BrN3O2. The number of methoxy groups -OCH3 is 1. The van der Waals surface area contributed by atoms with Gasteiger partial charge in [-0.15, -0.1) is 0 Å². The van der Waals surface area contributed by atoms with Gasteiger partial charge in [0.05, 0.1) is 13.2 Å². The molecular weight excluding hydrogens is 334 g/mol. The third-order valence-corrected chi connectivity index (χ3v) is 3.32. The second-order valence-electron chi connectivity index (χ2n) is 4.44. The van der Waals surface area contributed by atoms with Crippen molar-refractivity contribution in [2.45, 2.75) is 13.0 Å². The molecule has 0 amide bonds. The van der Waals surface area contributed by atoms with Crippen molar-refractivity contribution in [3.8, 4) is 0 Å². The largest absolute Gasteiger partial charge is 0.382 e. The highest BCUT2D eigenvalue weighted by atomic mass is 79.9. The average molecular weight is 358 g/mol. The number of benzene rings is 1. The van der Waals surface area contributed by atoms with Crippen molar-refractivity contribution in [2.75, 3.05) is 40.5 Å². The van der Waals surface area contributed by atoms with Crippen LogP contribution >= 0.6 is 15.9 Å². The summed E-state index contributed by atoms with van der Waals surface area (Å²) in [5.74, 6) is 0.801. The topological polar surface area (TPSA) is 54.9 Å². The standard InChI is InChI=1S/C15H24BrN3O2/c1-17-15(18-8-3-9-21-11-10-20-2)19-12-13-4-6-14(16)7-5-13/h4-7H,3,8-12H2,1-2H3,(H2,17,18,19). The number of nitrogens with one attached hydrogen (secondary N) is 2. The van der Waals surface area contributed by atoms with Crippen LogP contribution in [0.2, 0.25) is 0 Å². The Morgan fingerprint density at radius 2 is 1.90 bits per heavy atom. The second-order valence-corrected chi connectivity index (χ2v) is 5.35. The lowest BCUT2D eigenvalue weighted by molar-refractivity contribution is 0.0698. The van der Waals surface area contributed by atoms with Gasteiger partial charge in [0.1, 0.15) is 0 Å². The van der Waals surface area contributed by atoms with Crippen LogP contribution in [0.15, 0.2) is 33.7 Å². The molecule has 1 rings (SSSR count). The van der Waals surface area contributed by atoms with Crippen molar-refractivity contribution >= 4 is 21.9 Å². The van der Waals surface area contributed by atoms with Crippen LogP contribution in [0, 0.1) is 0 Å². The Kier molecular flexibility index (Phi) is 9.86. The van der Waals surface area contributed by atoms with Gasteiger partial charge >= 0.3 is 0 Å². The first kappa shape index (κ1) is 17.9. The highest BCUT2D eigenvalue weighted by Gasteiger charge is 1.98. The fourth-order valence-electron chi connectivity index (χ4n) is 1.63. The molecule has 5 nitrogen and oxygen atoms in total. The Morgan fingerprint density at radius 3 is 2.57 bits per heavy atom. The summed E-state index contributed by atoms with van der Waals surface area (Å²) in [5, 5.41) is 6.54. The third-order valence-electron chi connectivity index (χ3n) is 2.79. The average Bonchev–Trinajstić information content (AvgIpc) is 2.51. The molecule has 0 aromatic heterocycles. The first-order valence-corrected chi connectivity index (χ1v) is 7.81. The second kappa shape index (κ2) is 11.5. The summed E-state index contributed by atoms with van der Waals surface area (Å²) in [6, 6.07) is 8.22. The van der Waals surface area contributed by atoms with Gasteiger partial charge in [-0.05, 0) is 24.1 Å². The molecule has 2 N–H and O–H groups in total. The minimum absolute atomic E-state index is 0.643. The first-order chi connectivity index (χ1) is 10.3. The minimum atomic E-state index is 0.643. The van der Waals surface area contributed by atoms with E-state index in [1.54, 1.807) is 14.2 Å². The van der Waals surface area contributed by atoms with E-state index in [0.717, 1.165) is 36.5 Å². The molecule has 1 aromatic rings. The van der Waals surface area contributed by atoms with Crippen LogP contribution in [0.1, 0.15) is 12.0 Å². The van der Waals surface area contributed by atoms with Crippen molar-refractivity contribution < 1.29 is 9.47 Å². The number of nitrogens with zero attached hydrogens (tertiary/aromatic N) is 1. The molecule has 0 aliphatic rings. The molecule has 0 saturated heterocycles. The van der Waals surface area contributed by atoms with Crippen molar-refractivity contribution in [2.24, 2.45) is 4.99 Å². The normalized spacial score (nSPS) is 11.5. The Morgan fingerprint density at radius 1 is 1.14 bits per heavy atom. The van der Waals surface area contributed by atoms with Crippen molar-refractivity contribution in [1.29, 1.82) is 0 Å². The molecule has 0 atom stereocenters. The summed E-state index contributed by atoms with van der Waals surface area (Å²) >= 11 is 3.43. The van der Waals surface area contributed by atoms with E-state index < -0.39 is 0 Å². The minimum Gasteiger partial charge on any atom is -0.382 e. The molecule has 0 saturated carbocycles. The van der Waals surface area contributed by atoms with Crippen LogP contribution < -0.4 is 10.6 Å². The smallest absolute Gasteiger partial charge is 0.191 e. The van der Waals surface area contributed by atoms with Gasteiger partial charge in [-0.2, -0.15) is 0 Å². The lowest BCUT2D eigenvalue weighted by Crippen LogP contribution is -2.37. The number of halogens is 1. The number of rotatable bonds is 9. The molecule has 0 bridgehead atoms. The highest BCUT2D eigenvalue weighted by molar-refractivity contribution is 9.10.